The molecule has 0 aliphatic carbocycles. The summed E-state index contributed by atoms with van der Waals surface area (Å²) in [6.07, 6.45) is 3.54. The van der Waals surface area contributed by atoms with Crippen molar-refractivity contribution in [1.82, 2.24) is 20.6 Å². The molecule has 0 spiro atoms. The summed E-state index contributed by atoms with van der Waals surface area (Å²) in [5.74, 6) is 0.231. The number of rotatable bonds is 8. The molecule has 4 aromatic rings. The van der Waals surface area contributed by atoms with E-state index in [9.17, 15) is 10.2 Å². The van der Waals surface area contributed by atoms with E-state index in [1.54, 1.807) is 12.4 Å². The van der Waals surface area contributed by atoms with E-state index in [1.807, 2.05) is 60.7 Å². The SMILES string of the molecule is C[O-].C[O-].C[O-].C[O-].[Fe+4].[Fe+4].[O-]c1c(I)cc(I)cc1CNCc1ccccn1.[O-]c1c(I)cc(I)cc1CNCc1ccccn1. The van der Waals surface area contributed by atoms with Crippen LogP contribution in [0.15, 0.2) is 73.1 Å². The van der Waals surface area contributed by atoms with Gasteiger partial charge in [0.05, 0.1) is 11.4 Å². The summed E-state index contributed by atoms with van der Waals surface area (Å²) < 4.78 is 3.72. The fraction of sp³-hybridized carbons (Fsp3) is 0.267. The molecule has 0 atom stereocenters. The number of nitrogens with zero attached hydrogens (tertiary/aromatic N) is 2. The van der Waals surface area contributed by atoms with Crippen LogP contribution in [0.5, 0.6) is 11.5 Å². The van der Waals surface area contributed by atoms with E-state index in [4.69, 9.17) is 20.4 Å². The second-order valence-electron chi connectivity index (χ2n) is 7.60. The average molecular weight is 1170 g/mol. The molecule has 2 aromatic heterocycles. The van der Waals surface area contributed by atoms with E-state index < -0.39 is 0 Å². The molecule has 0 bridgehead atoms. The topological polar surface area (TPSA) is 188 Å². The van der Waals surface area contributed by atoms with Gasteiger partial charge in [-0.05, 0) is 150 Å². The number of halogens is 4. The van der Waals surface area contributed by atoms with Crippen molar-refractivity contribution in [1.29, 1.82) is 0 Å². The Morgan fingerprint density at radius 2 is 0.848 bits per heavy atom. The maximum Gasteiger partial charge on any atom is 4.00 e. The van der Waals surface area contributed by atoms with Crippen molar-refractivity contribution in [2.24, 2.45) is 0 Å². The first-order valence-corrected chi connectivity index (χ1v) is 16.8. The van der Waals surface area contributed by atoms with Gasteiger partial charge in [-0.25, -0.2) is 0 Å². The molecule has 2 aromatic carbocycles. The molecule has 0 saturated carbocycles. The van der Waals surface area contributed by atoms with Gasteiger partial charge in [0.1, 0.15) is 0 Å². The first-order chi connectivity index (χ1) is 21.3. The van der Waals surface area contributed by atoms with Gasteiger partial charge >= 0.3 is 34.1 Å². The van der Waals surface area contributed by atoms with Crippen LogP contribution in [0.4, 0.5) is 0 Å². The molecular weight excluding hydrogens is 1130 g/mol. The van der Waals surface area contributed by atoms with Crippen molar-refractivity contribution in [2.75, 3.05) is 28.4 Å². The van der Waals surface area contributed by atoms with E-state index in [2.05, 4.69) is 111 Å². The third-order valence-electron chi connectivity index (χ3n) is 4.87. The van der Waals surface area contributed by atoms with Crippen LogP contribution in [0, 0.1) is 14.3 Å². The molecule has 0 fully saturated rings. The Hall–Kier alpha value is 0.0590. The van der Waals surface area contributed by atoms with Gasteiger partial charge in [0.2, 0.25) is 0 Å². The maximum atomic E-state index is 11.9. The molecule has 4 rings (SSSR count). The second-order valence-corrected chi connectivity index (χ2v) is 12.4. The van der Waals surface area contributed by atoms with Crippen LogP contribution < -0.4 is 41.3 Å². The molecule has 0 aliphatic heterocycles. The summed E-state index contributed by atoms with van der Waals surface area (Å²) >= 11 is 8.62. The summed E-state index contributed by atoms with van der Waals surface area (Å²) in [5, 5.41) is 63.3. The number of aromatic nitrogens is 2. The zero-order valence-corrected chi connectivity index (χ0v) is 36.2. The van der Waals surface area contributed by atoms with Gasteiger partial charge in [0.25, 0.3) is 0 Å². The zero-order valence-electron chi connectivity index (χ0n) is 25.3. The number of hydrogen-bond donors (Lipinski definition) is 2. The van der Waals surface area contributed by atoms with E-state index in [0.29, 0.717) is 26.2 Å². The minimum atomic E-state index is 0. The fourth-order valence-electron chi connectivity index (χ4n) is 3.15. The number of nitrogens with one attached hydrogen (secondary N) is 2. The van der Waals surface area contributed by atoms with Gasteiger partial charge in [-0.2, -0.15) is 28.4 Å². The van der Waals surface area contributed by atoms with E-state index in [-0.39, 0.29) is 45.6 Å². The van der Waals surface area contributed by atoms with Gasteiger partial charge in [0.15, 0.2) is 0 Å². The van der Waals surface area contributed by atoms with Crippen molar-refractivity contribution in [2.45, 2.75) is 26.2 Å². The van der Waals surface area contributed by atoms with Crippen molar-refractivity contribution in [3.05, 3.63) is 110 Å². The Labute approximate surface area is 347 Å². The monoisotopic (exact) mass is 1170 g/mol. The Morgan fingerprint density at radius 3 is 1.13 bits per heavy atom. The van der Waals surface area contributed by atoms with Gasteiger partial charge in [-0.1, -0.05) is 23.6 Å². The van der Waals surface area contributed by atoms with Crippen molar-refractivity contribution in [3.63, 3.8) is 0 Å². The van der Waals surface area contributed by atoms with E-state index in [0.717, 1.165) is 65.2 Å². The smallest absolute Gasteiger partial charge is 0.872 e. The van der Waals surface area contributed by atoms with E-state index in [1.165, 1.54) is 0 Å². The minimum Gasteiger partial charge on any atom is -0.872 e. The van der Waals surface area contributed by atoms with Crippen LogP contribution >= 0.6 is 90.4 Å². The molecular formula is C30H34Fe2I4N4O6+2. The molecule has 46 heavy (non-hydrogen) atoms. The summed E-state index contributed by atoms with van der Waals surface area (Å²) in [6.45, 7) is 2.48. The maximum absolute atomic E-state index is 11.9. The summed E-state index contributed by atoms with van der Waals surface area (Å²) in [6, 6.07) is 19.3. The molecule has 0 amide bonds. The first kappa shape index (κ1) is 52.9. The van der Waals surface area contributed by atoms with Crippen molar-refractivity contribution in [3.8, 4) is 11.5 Å². The predicted octanol–water partition coefficient (Wildman–Crippen LogP) is 1.21. The molecule has 10 nitrogen and oxygen atoms in total. The Bertz CT molecular complexity index is 1190. The van der Waals surface area contributed by atoms with Gasteiger partial charge in [-0.15, -0.1) is 0 Å². The molecule has 0 unspecified atom stereocenters. The molecule has 252 valence electrons. The largest absolute Gasteiger partial charge is 4.00 e. The summed E-state index contributed by atoms with van der Waals surface area (Å²) in [7, 11) is 3.00. The molecule has 0 saturated heterocycles. The van der Waals surface area contributed by atoms with Gasteiger partial charge in [0, 0.05) is 52.9 Å². The van der Waals surface area contributed by atoms with Gasteiger partial charge < -0.3 is 41.3 Å². The van der Waals surface area contributed by atoms with Crippen LogP contribution in [-0.2, 0) is 60.3 Å². The van der Waals surface area contributed by atoms with Crippen LogP contribution in [0.3, 0.4) is 0 Å². The summed E-state index contributed by atoms with van der Waals surface area (Å²) in [5.41, 5.74) is 3.57. The molecule has 16 heteroatoms. The first-order valence-electron chi connectivity index (χ1n) is 12.5. The molecule has 2 N–H and O–H groups in total. The molecule has 0 aliphatic rings. The third-order valence-corrected chi connectivity index (χ3v) is 7.71. The van der Waals surface area contributed by atoms with Crippen LogP contribution in [0.1, 0.15) is 22.5 Å². The van der Waals surface area contributed by atoms with Crippen LogP contribution in [-0.4, -0.2) is 38.4 Å². The van der Waals surface area contributed by atoms with Crippen LogP contribution in [0.2, 0.25) is 0 Å². The zero-order chi connectivity index (χ0) is 33.9. The number of pyridine rings is 2. The third kappa shape index (κ3) is 22.6. The Balaban J connectivity index is -0.000000304. The summed E-state index contributed by atoms with van der Waals surface area (Å²) in [4.78, 5) is 8.45. The Morgan fingerprint density at radius 1 is 0.522 bits per heavy atom. The van der Waals surface area contributed by atoms with Crippen molar-refractivity contribution >= 4 is 90.4 Å². The number of benzene rings is 2. The standard InChI is InChI=1S/2C13H12I2N2O.4CH3O.2Fe/c2*14-10-5-9(13(18)12(15)6-10)7-16-8-11-3-1-2-4-17-11;4*1-2;;/h2*1-6,16,18H,7-8H2;4*1H3;;/q;;4*-1;2*+4/p-2. The molecule has 2 heterocycles. The van der Waals surface area contributed by atoms with Gasteiger partial charge in [-0.3, -0.25) is 9.97 Å². The van der Waals surface area contributed by atoms with E-state index >= 15 is 0 Å². The molecule has 0 radical (unpaired) electrons. The van der Waals surface area contributed by atoms with Crippen molar-refractivity contribution < 1.29 is 64.8 Å². The average Bonchev–Trinajstić information content (AvgIpc) is 3.07. The predicted molar refractivity (Wildman–Crippen MR) is 196 cm³/mol. The minimum absolute atomic E-state index is 0. The quantitative estimate of drug-likeness (QED) is 0.192. The fourth-order valence-corrected chi connectivity index (χ4v) is 7.08. The van der Waals surface area contributed by atoms with Crippen LogP contribution in [0.25, 0.3) is 0 Å². The second kappa shape index (κ2) is 34.9. The number of hydrogen-bond acceptors (Lipinski definition) is 10. The normalized spacial score (nSPS) is 8.78. The Kier molecular flexibility index (Phi) is 40.1.